The van der Waals surface area contributed by atoms with Crippen LogP contribution in [0.1, 0.15) is 10.4 Å². The minimum atomic E-state index is -0.977. The van der Waals surface area contributed by atoms with Crippen LogP contribution in [0.25, 0.3) is 0 Å². The van der Waals surface area contributed by atoms with Crippen LogP contribution in [-0.2, 0) is 4.79 Å². The van der Waals surface area contributed by atoms with E-state index in [4.69, 9.17) is 5.11 Å². The van der Waals surface area contributed by atoms with E-state index >= 15 is 0 Å². The second kappa shape index (κ2) is 6.39. The molecule has 1 amide bonds. The summed E-state index contributed by atoms with van der Waals surface area (Å²) in [6, 6.07) is 1.24. The molecule has 0 spiro atoms. The molecule has 0 aliphatic heterocycles. The van der Waals surface area contributed by atoms with Crippen molar-refractivity contribution in [1.82, 2.24) is 15.2 Å². The second-order valence-corrected chi connectivity index (χ2v) is 5.57. The van der Waals surface area contributed by atoms with Gasteiger partial charge in [0.2, 0.25) is 5.13 Å². The predicted molar refractivity (Wildman–Crippen MR) is 70.4 cm³/mol. The van der Waals surface area contributed by atoms with Crippen molar-refractivity contribution in [2.75, 3.05) is 11.1 Å². The minimum Gasteiger partial charge on any atom is -0.481 e. The highest BCUT2D eigenvalue weighted by atomic mass is 32.2. The summed E-state index contributed by atoms with van der Waals surface area (Å²) in [6.45, 7) is 0. The fraction of sp³-hybridized carbons (Fsp3) is 0.100. The number of carboxylic acid groups (broad SMARTS) is 1. The smallest absolute Gasteiger partial charge is 0.313 e. The number of carboxylic acids is 1. The lowest BCUT2D eigenvalue weighted by Crippen LogP contribution is -2.13. The van der Waals surface area contributed by atoms with Crippen molar-refractivity contribution in [3.05, 3.63) is 29.8 Å². The Morgan fingerprint density at radius 3 is 2.95 bits per heavy atom. The molecule has 2 N–H and O–H groups in total. The van der Waals surface area contributed by atoms with Gasteiger partial charge in [-0.05, 0) is 6.07 Å². The Hall–Kier alpha value is -2.07. The molecule has 0 aliphatic carbocycles. The highest BCUT2D eigenvalue weighted by Gasteiger charge is 2.14. The van der Waals surface area contributed by atoms with E-state index in [-0.39, 0.29) is 16.4 Å². The maximum absolute atomic E-state index is 13.3. The summed E-state index contributed by atoms with van der Waals surface area (Å²) in [4.78, 5) is 25.7. The number of hydrogen-bond acceptors (Lipinski definition) is 7. The monoisotopic (exact) mass is 314 g/mol. The Morgan fingerprint density at radius 2 is 2.25 bits per heavy atom. The molecule has 0 bridgehead atoms. The van der Waals surface area contributed by atoms with Gasteiger partial charge in [-0.1, -0.05) is 23.1 Å². The Morgan fingerprint density at radius 1 is 1.45 bits per heavy atom. The number of nitrogens with zero attached hydrogens (tertiary/aromatic N) is 3. The van der Waals surface area contributed by atoms with Gasteiger partial charge in [0, 0.05) is 6.20 Å². The molecular weight excluding hydrogens is 307 g/mol. The largest absolute Gasteiger partial charge is 0.481 e. The van der Waals surface area contributed by atoms with Crippen molar-refractivity contribution in [3.8, 4) is 0 Å². The van der Waals surface area contributed by atoms with Gasteiger partial charge in [-0.15, -0.1) is 10.2 Å². The maximum atomic E-state index is 13.3. The molecule has 0 atom stereocenters. The van der Waals surface area contributed by atoms with E-state index in [9.17, 15) is 14.0 Å². The number of aromatic nitrogens is 3. The number of halogens is 1. The summed E-state index contributed by atoms with van der Waals surface area (Å²) in [5.41, 5.74) is -0.157. The van der Waals surface area contributed by atoms with Gasteiger partial charge in [-0.25, -0.2) is 4.39 Å². The zero-order valence-corrected chi connectivity index (χ0v) is 11.4. The molecule has 0 unspecified atom stereocenters. The Labute approximate surface area is 120 Å². The van der Waals surface area contributed by atoms with Crippen LogP contribution >= 0.6 is 23.1 Å². The summed E-state index contributed by atoms with van der Waals surface area (Å²) in [5, 5.41) is 18.5. The molecule has 2 rings (SSSR count). The van der Waals surface area contributed by atoms with Gasteiger partial charge in [0.15, 0.2) is 10.2 Å². The summed E-state index contributed by atoms with van der Waals surface area (Å²) in [5.74, 6) is -2.54. The molecule has 0 fully saturated rings. The van der Waals surface area contributed by atoms with Gasteiger partial charge in [0.1, 0.15) is 0 Å². The molecule has 2 aromatic heterocycles. The van der Waals surface area contributed by atoms with Crippen molar-refractivity contribution in [3.63, 3.8) is 0 Å². The Bertz CT molecular complexity index is 649. The van der Waals surface area contributed by atoms with E-state index in [2.05, 4.69) is 20.5 Å². The van der Waals surface area contributed by atoms with Gasteiger partial charge < -0.3 is 5.11 Å². The van der Waals surface area contributed by atoms with Crippen LogP contribution < -0.4 is 5.32 Å². The van der Waals surface area contributed by atoms with Crippen LogP contribution in [0.2, 0.25) is 0 Å². The van der Waals surface area contributed by atoms with Gasteiger partial charge >= 0.3 is 5.97 Å². The number of rotatable bonds is 5. The average molecular weight is 314 g/mol. The van der Waals surface area contributed by atoms with Gasteiger partial charge in [0.25, 0.3) is 5.91 Å². The second-order valence-electron chi connectivity index (χ2n) is 3.37. The van der Waals surface area contributed by atoms with Crippen LogP contribution in [0.3, 0.4) is 0 Å². The molecule has 2 aromatic rings. The summed E-state index contributed by atoms with van der Waals surface area (Å²) >= 11 is 2.00. The maximum Gasteiger partial charge on any atom is 0.313 e. The van der Waals surface area contributed by atoms with Crippen molar-refractivity contribution >= 4 is 40.1 Å². The van der Waals surface area contributed by atoms with Crippen molar-refractivity contribution in [2.24, 2.45) is 0 Å². The SMILES string of the molecule is O=C(O)CSc1nnc(NC(=O)c2ccncc2F)s1. The standard InChI is InChI=1S/C10H7FN4O3S2/c11-6-3-12-2-1-5(6)8(18)13-9-14-15-10(20-9)19-4-7(16)17/h1-3H,4H2,(H,16,17)(H,13,14,18). The molecule has 0 aromatic carbocycles. The molecule has 7 nitrogen and oxygen atoms in total. The summed E-state index contributed by atoms with van der Waals surface area (Å²) < 4.78 is 13.7. The quantitative estimate of drug-likeness (QED) is 0.636. The molecule has 0 saturated carbocycles. The first kappa shape index (κ1) is 14.3. The van der Waals surface area contributed by atoms with E-state index in [0.29, 0.717) is 4.34 Å². The number of amides is 1. The van der Waals surface area contributed by atoms with Crippen LogP contribution in [0, 0.1) is 5.82 Å². The van der Waals surface area contributed by atoms with Gasteiger partial charge in [-0.2, -0.15) is 0 Å². The molecule has 104 valence electrons. The first-order valence-electron chi connectivity index (χ1n) is 5.15. The van der Waals surface area contributed by atoms with Crippen LogP contribution in [0.15, 0.2) is 22.8 Å². The molecule has 0 radical (unpaired) electrons. The van der Waals surface area contributed by atoms with Gasteiger partial charge in [-0.3, -0.25) is 19.9 Å². The molecule has 20 heavy (non-hydrogen) atoms. The molecule has 2 heterocycles. The number of carbonyl (C=O) groups is 2. The summed E-state index contributed by atoms with van der Waals surface area (Å²) in [6.07, 6.45) is 2.23. The third-order valence-corrected chi connectivity index (χ3v) is 3.92. The fourth-order valence-electron chi connectivity index (χ4n) is 1.17. The fourth-order valence-corrected chi connectivity index (χ4v) is 2.63. The first-order valence-corrected chi connectivity index (χ1v) is 6.95. The van der Waals surface area contributed by atoms with E-state index < -0.39 is 17.7 Å². The normalized spacial score (nSPS) is 10.2. The van der Waals surface area contributed by atoms with E-state index in [1.807, 2.05) is 0 Å². The van der Waals surface area contributed by atoms with Crippen molar-refractivity contribution < 1.29 is 19.1 Å². The molecular formula is C10H7FN4O3S2. The number of thioether (sulfide) groups is 1. The number of carbonyl (C=O) groups excluding carboxylic acids is 1. The van der Waals surface area contributed by atoms with E-state index in [0.717, 1.165) is 29.3 Å². The van der Waals surface area contributed by atoms with E-state index in [1.54, 1.807) is 0 Å². The lowest BCUT2D eigenvalue weighted by atomic mass is 10.2. The third-order valence-electron chi connectivity index (χ3n) is 1.96. The average Bonchev–Trinajstić information content (AvgIpc) is 2.84. The highest BCUT2D eigenvalue weighted by Crippen LogP contribution is 2.25. The summed E-state index contributed by atoms with van der Waals surface area (Å²) in [7, 11) is 0. The molecule has 0 aliphatic rings. The van der Waals surface area contributed by atoms with Crippen LogP contribution in [0.4, 0.5) is 9.52 Å². The minimum absolute atomic E-state index is 0.151. The predicted octanol–water partition coefficient (Wildman–Crippen LogP) is 1.50. The first-order chi connectivity index (χ1) is 9.56. The zero-order chi connectivity index (χ0) is 14.5. The number of aliphatic carboxylic acids is 1. The molecule has 10 heteroatoms. The van der Waals surface area contributed by atoms with E-state index in [1.165, 1.54) is 12.3 Å². The lowest BCUT2D eigenvalue weighted by molar-refractivity contribution is -0.133. The number of hydrogen-bond donors (Lipinski definition) is 2. The number of nitrogens with one attached hydrogen (secondary N) is 1. The molecule has 0 saturated heterocycles. The Kier molecular flexibility index (Phi) is 4.58. The highest BCUT2D eigenvalue weighted by molar-refractivity contribution is 8.01. The lowest BCUT2D eigenvalue weighted by Gasteiger charge is -2.01. The number of pyridine rings is 1. The van der Waals surface area contributed by atoms with Crippen molar-refractivity contribution in [2.45, 2.75) is 4.34 Å². The topological polar surface area (TPSA) is 105 Å². The van der Waals surface area contributed by atoms with Crippen molar-refractivity contribution in [1.29, 1.82) is 0 Å². The van der Waals surface area contributed by atoms with Crippen LogP contribution in [0.5, 0.6) is 0 Å². The Balaban J connectivity index is 2.02. The third kappa shape index (κ3) is 3.71. The van der Waals surface area contributed by atoms with Crippen LogP contribution in [-0.4, -0.2) is 37.9 Å². The van der Waals surface area contributed by atoms with Gasteiger partial charge in [0.05, 0.1) is 17.5 Å². The number of anilines is 1. The zero-order valence-electron chi connectivity index (χ0n) is 9.74.